The van der Waals surface area contributed by atoms with Gasteiger partial charge in [0.2, 0.25) is 0 Å². The molecule has 2 unspecified atom stereocenters. The molecule has 1 aromatic carbocycles. The van der Waals surface area contributed by atoms with E-state index in [-0.39, 0.29) is 0 Å². The summed E-state index contributed by atoms with van der Waals surface area (Å²) in [7, 11) is 0. The fraction of sp³-hybridized carbons (Fsp3) is 0.625. The van der Waals surface area contributed by atoms with Crippen molar-refractivity contribution in [3.63, 3.8) is 0 Å². The summed E-state index contributed by atoms with van der Waals surface area (Å²) in [4.78, 5) is 0. The van der Waals surface area contributed by atoms with Crippen LogP contribution in [-0.4, -0.2) is 17.5 Å². The highest BCUT2D eigenvalue weighted by molar-refractivity contribution is 7.99. The molecular formula is C16H24ClNS. The van der Waals surface area contributed by atoms with E-state index in [0.29, 0.717) is 6.04 Å². The van der Waals surface area contributed by atoms with E-state index in [2.05, 4.69) is 36.1 Å². The van der Waals surface area contributed by atoms with E-state index in [0.717, 1.165) is 16.8 Å². The smallest absolute Gasteiger partial charge is 0.0406 e. The van der Waals surface area contributed by atoms with Crippen molar-refractivity contribution in [3.05, 3.63) is 34.9 Å². The predicted octanol–water partition coefficient (Wildman–Crippen LogP) is 5.06. The molecule has 106 valence electrons. The van der Waals surface area contributed by atoms with Gasteiger partial charge in [-0.1, -0.05) is 43.5 Å². The average molecular weight is 298 g/mol. The Kier molecular flexibility index (Phi) is 6.55. The van der Waals surface area contributed by atoms with E-state index < -0.39 is 0 Å². The molecule has 2 rings (SSSR count). The molecule has 1 nitrogen and oxygen atoms in total. The van der Waals surface area contributed by atoms with Crippen LogP contribution in [0.25, 0.3) is 0 Å². The summed E-state index contributed by atoms with van der Waals surface area (Å²) >= 11 is 8.11. The highest BCUT2D eigenvalue weighted by Gasteiger charge is 2.16. The minimum absolute atomic E-state index is 0.477. The van der Waals surface area contributed by atoms with Crippen LogP contribution in [0, 0.1) is 0 Å². The van der Waals surface area contributed by atoms with Crippen molar-refractivity contribution in [2.45, 2.75) is 50.3 Å². The molecule has 0 radical (unpaired) electrons. The second-order valence-corrected chi connectivity index (χ2v) is 7.13. The average Bonchev–Trinajstić information content (AvgIpc) is 2.46. The lowest BCUT2D eigenvalue weighted by molar-refractivity contribution is 0.480. The van der Waals surface area contributed by atoms with Crippen LogP contribution in [0.2, 0.25) is 5.02 Å². The molecule has 0 spiro atoms. The number of hydrogen-bond acceptors (Lipinski definition) is 2. The van der Waals surface area contributed by atoms with E-state index in [9.17, 15) is 0 Å². The molecule has 0 aliphatic carbocycles. The van der Waals surface area contributed by atoms with E-state index in [1.807, 2.05) is 12.1 Å². The molecule has 1 saturated heterocycles. The van der Waals surface area contributed by atoms with Gasteiger partial charge in [0.1, 0.15) is 0 Å². The molecule has 2 atom stereocenters. The van der Waals surface area contributed by atoms with Gasteiger partial charge < -0.3 is 5.32 Å². The standard InChI is InChI=1S/C16H24ClNS/c1-2-5-16(13-7-9-14(17)10-8-13)18-12-15-6-3-4-11-19-15/h7-10,15-16,18H,2-6,11-12H2,1H3. The molecular weight excluding hydrogens is 274 g/mol. The first-order chi connectivity index (χ1) is 9.29. The van der Waals surface area contributed by atoms with Crippen LogP contribution in [0.3, 0.4) is 0 Å². The number of rotatable bonds is 6. The van der Waals surface area contributed by atoms with Gasteiger partial charge in [-0.2, -0.15) is 11.8 Å². The number of hydrogen-bond donors (Lipinski definition) is 1. The monoisotopic (exact) mass is 297 g/mol. The van der Waals surface area contributed by atoms with E-state index >= 15 is 0 Å². The Morgan fingerprint density at radius 2 is 2.11 bits per heavy atom. The maximum Gasteiger partial charge on any atom is 0.0406 e. The maximum absolute atomic E-state index is 5.97. The van der Waals surface area contributed by atoms with Gasteiger partial charge in [-0.05, 0) is 42.7 Å². The van der Waals surface area contributed by atoms with Crippen molar-refractivity contribution in [1.82, 2.24) is 5.32 Å². The minimum Gasteiger partial charge on any atom is -0.309 e. The molecule has 0 saturated carbocycles. The quantitative estimate of drug-likeness (QED) is 0.788. The van der Waals surface area contributed by atoms with Crippen LogP contribution in [-0.2, 0) is 0 Å². The number of benzene rings is 1. The fourth-order valence-corrected chi connectivity index (χ4v) is 3.99. The molecule has 1 fully saturated rings. The zero-order valence-electron chi connectivity index (χ0n) is 11.7. The summed E-state index contributed by atoms with van der Waals surface area (Å²) in [6, 6.07) is 8.78. The van der Waals surface area contributed by atoms with Crippen LogP contribution in [0.4, 0.5) is 0 Å². The van der Waals surface area contributed by atoms with Crippen molar-refractivity contribution >= 4 is 23.4 Å². The number of nitrogens with one attached hydrogen (secondary N) is 1. The summed E-state index contributed by atoms with van der Waals surface area (Å²) in [5.74, 6) is 1.34. The minimum atomic E-state index is 0.477. The summed E-state index contributed by atoms with van der Waals surface area (Å²) in [5, 5.41) is 5.39. The second kappa shape index (κ2) is 8.18. The molecule has 1 N–H and O–H groups in total. The van der Waals surface area contributed by atoms with E-state index in [1.165, 1.54) is 43.4 Å². The SMILES string of the molecule is CCCC(NCC1CCCCS1)c1ccc(Cl)cc1. The first-order valence-electron chi connectivity index (χ1n) is 7.40. The molecule has 3 heteroatoms. The third-order valence-electron chi connectivity index (χ3n) is 3.72. The lowest BCUT2D eigenvalue weighted by Gasteiger charge is -2.25. The van der Waals surface area contributed by atoms with Crippen LogP contribution in [0.5, 0.6) is 0 Å². The van der Waals surface area contributed by atoms with Crippen molar-refractivity contribution in [2.24, 2.45) is 0 Å². The van der Waals surface area contributed by atoms with Gasteiger partial charge in [0.15, 0.2) is 0 Å². The zero-order chi connectivity index (χ0) is 13.5. The van der Waals surface area contributed by atoms with Crippen LogP contribution < -0.4 is 5.32 Å². The maximum atomic E-state index is 5.97. The topological polar surface area (TPSA) is 12.0 Å². The number of thioether (sulfide) groups is 1. The van der Waals surface area contributed by atoms with E-state index in [4.69, 9.17) is 11.6 Å². The van der Waals surface area contributed by atoms with Gasteiger partial charge in [-0.15, -0.1) is 0 Å². The van der Waals surface area contributed by atoms with Crippen molar-refractivity contribution in [3.8, 4) is 0 Å². The van der Waals surface area contributed by atoms with Crippen LogP contribution in [0.15, 0.2) is 24.3 Å². The highest BCUT2D eigenvalue weighted by Crippen LogP contribution is 2.26. The molecule has 19 heavy (non-hydrogen) atoms. The first-order valence-corrected chi connectivity index (χ1v) is 8.82. The fourth-order valence-electron chi connectivity index (χ4n) is 2.61. The summed E-state index contributed by atoms with van der Waals surface area (Å²) < 4.78 is 0. The van der Waals surface area contributed by atoms with Gasteiger partial charge in [0, 0.05) is 22.9 Å². The molecule has 0 bridgehead atoms. The Balaban J connectivity index is 1.89. The van der Waals surface area contributed by atoms with Crippen LogP contribution >= 0.6 is 23.4 Å². The van der Waals surface area contributed by atoms with Crippen molar-refractivity contribution in [1.29, 1.82) is 0 Å². The van der Waals surface area contributed by atoms with Gasteiger partial charge in [0.25, 0.3) is 0 Å². The third-order valence-corrected chi connectivity index (χ3v) is 5.37. The first kappa shape index (κ1) is 15.2. The summed E-state index contributed by atoms with van der Waals surface area (Å²) in [5.41, 5.74) is 1.37. The molecule has 1 aromatic rings. The molecule has 1 aliphatic rings. The Bertz CT molecular complexity index is 360. The Hall–Kier alpha value is -0.180. The molecule has 0 aromatic heterocycles. The van der Waals surface area contributed by atoms with Gasteiger partial charge in [-0.3, -0.25) is 0 Å². The molecule has 1 heterocycles. The summed E-state index contributed by atoms with van der Waals surface area (Å²) in [6.45, 7) is 3.39. The van der Waals surface area contributed by atoms with Crippen molar-refractivity contribution < 1.29 is 0 Å². The lowest BCUT2D eigenvalue weighted by atomic mass is 10.0. The highest BCUT2D eigenvalue weighted by atomic mass is 35.5. The van der Waals surface area contributed by atoms with Crippen LogP contribution in [0.1, 0.15) is 50.6 Å². The Morgan fingerprint density at radius 3 is 2.74 bits per heavy atom. The lowest BCUT2D eigenvalue weighted by Crippen LogP contribution is -2.30. The molecule has 1 aliphatic heterocycles. The van der Waals surface area contributed by atoms with Gasteiger partial charge in [0.05, 0.1) is 0 Å². The van der Waals surface area contributed by atoms with Gasteiger partial charge >= 0.3 is 0 Å². The van der Waals surface area contributed by atoms with Crippen molar-refractivity contribution in [2.75, 3.05) is 12.3 Å². The largest absolute Gasteiger partial charge is 0.309 e. The number of halogens is 1. The second-order valence-electron chi connectivity index (χ2n) is 5.29. The zero-order valence-corrected chi connectivity index (χ0v) is 13.3. The Morgan fingerprint density at radius 1 is 1.32 bits per heavy atom. The third kappa shape index (κ3) is 5.02. The molecule has 0 amide bonds. The summed E-state index contributed by atoms with van der Waals surface area (Å²) in [6.07, 6.45) is 6.57. The van der Waals surface area contributed by atoms with E-state index in [1.54, 1.807) is 0 Å². The Labute approximate surface area is 126 Å². The predicted molar refractivity (Wildman–Crippen MR) is 87.2 cm³/mol. The normalized spacial score (nSPS) is 21.3. The van der Waals surface area contributed by atoms with Gasteiger partial charge in [-0.25, -0.2) is 0 Å².